The molecule has 0 unspecified atom stereocenters. The molecule has 13 heavy (non-hydrogen) atoms. The Morgan fingerprint density at radius 1 is 1.08 bits per heavy atom. The standard InChI is InChI=1S/C13H13/c1-3-11-8-9-12-6-4-5-7-13(12)10(11)2/h4-9H,1,3H2,2H3. The van der Waals surface area contributed by atoms with Crippen LogP contribution in [-0.4, -0.2) is 0 Å². The van der Waals surface area contributed by atoms with E-state index < -0.39 is 0 Å². The van der Waals surface area contributed by atoms with Crippen LogP contribution in [0.4, 0.5) is 0 Å². The molecule has 0 heterocycles. The van der Waals surface area contributed by atoms with Crippen molar-refractivity contribution in [3.05, 3.63) is 54.4 Å². The molecule has 2 aromatic rings. The molecule has 0 aromatic heterocycles. The molecule has 0 aliphatic rings. The van der Waals surface area contributed by atoms with Gasteiger partial charge >= 0.3 is 0 Å². The zero-order valence-electron chi connectivity index (χ0n) is 7.88. The molecule has 0 N–H and O–H groups in total. The van der Waals surface area contributed by atoms with Crippen LogP contribution in [-0.2, 0) is 6.42 Å². The third kappa shape index (κ3) is 1.33. The summed E-state index contributed by atoms with van der Waals surface area (Å²) in [7, 11) is 0. The fourth-order valence-corrected chi connectivity index (χ4v) is 1.74. The Morgan fingerprint density at radius 2 is 1.85 bits per heavy atom. The smallest absolute Gasteiger partial charge is 0.0152 e. The first kappa shape index (κ1) is 8.31. The van der Waals surface area contributed by atoms with Crippen LogP contribution >= 0.6 is 0 Å². The van der Waals surface area contributed by atoms with Gasteiger partial charge in [0.1, 0.15) is 0 Å². The minimum atomic E-state index is 0.872. The van der Waals surface area contributed by atoms with Crippen LogP contribution in [0.15, 0.2) is 36.4 Å². The van der Waals surface area contributed by atoms with Crippen molar-refractivity contribution in [2.24, 2.45) is 0 Å². The van der Waals surface area contributed by atoms with E-state index >= 15 is 0 Å². The monoisotopic (exact) mass is 169 g/mol. The van der Waals surface area contributed by atoms with Gasteiger partial charge in [-0.15, -0.1) is 0 Å². The summed E-state index contributed by atoms with van der Waals surface area (Å²) in [5, 5.41) is 2.67. The highest BCUT2D eigenvalue weighted by atomic mass is 14.0. The predicted molar refractivity (Wildman–Crippen MR) is 57.7 cm³/mol. The summed E-state index contributed by atoms with van der Waals surface area (Å²) in [6.45, 7) is 6.09. The highest BCUT2D eigenvalue weighted by molar-refractivity contribution is 5.86. The van der Waals surface area contributed by atoms with Crippen molar-refractivity contribution >= 4 is 10.8 Å². The lowest BCUT2D eigenvalue weighted by Gasteiger charge is -2.06. The molecule has 0 heteroatoms. The summed E-state index contributed by atoms with van der Waals surface area (Å²) in [4.78, 5) is 0. The molecule has 0 amide bonds. The summed E-state index contributed by atoms with van der Waals surface area (Å²) in [6.07, 6.45) is 0.872. The quantitative estimate of drug-likeness (QED) is 0.612. The van der Waals surface area contributed by atoms with E-state index in [0.29, 0.717) is 0 Å². The van der Waals surface area contributed by atoms with E-state index in [1.165, 1.54) is 21.9 Å². The molecule has 0 aliphatic carbocycles. The van der Waals surface area contributed by atoms with Gasteiger partial charge in [-0.1, -0.05) is 36.4 Å². The molecule has 0 spiro atoms. The second kappa shape index (κ2) is 3.21. The normalized spacial score (nSPS) is 10.6. The van der Waals surface area contributed by atoms with Gasteiger partial charge in [-0.3, -0.25) is 0 Å². The molecule has 0 atom stereocenters. The molecule has 0 saturated heterocycles. The second-order valence-electron chi connectivity index (χ2n) is 3.32. The lowest BCUT2D eigenvalue weighted by atomic mass is 9.99. The SMILES string of the molecule is [CH2]Cc1ccc2ccccc2c1C. The van der Waals surface area contributed by atoms with Gasteiger partial charge in [0.05, 0.1) is 0 Å². The van der Waals surface area contributed by atoms with Crippen molar-refractivity contribution in [3.63, 3.8) is 0 Å². The zero-order valence-corrected chi connectivity index (χ0v) is 7.88. The number of rotatable bonds is 1. The molecular formula is C13H13. The number of aryl methyl sites for hydroxylation is 1. The van der Waals surface area contributed by atoms with Crippen molar-refractivity contribution in [2.45, 2.75) is 13.3 Å². The maximum Gasteiger partial charge on any atom is -0.0152 e. The first-order chi connectivity index (χ1) is 6.33. The lowest BCUT2D eigenvalue weighted by Crippen LogP contribution is -1.87. The van der Waals surface area contributed by atoms with Gasteiger partial charge in [-0.2, -0.15) is 0 Å². The Hall–Kier alpha value is -1.30. The van der Waals surface area contributed by atoms with Gasteiger partial charge in [-0.25, -0.2) is 0 Å². The van der Waals surface area contributed by atoms with Crippen LogP contribution in [0.1, 0.15) is 11.1 Å². The Balaban J connectivity index is 2.79. The van der Waals surface area contributed by atoms with Gasteiger partial charge in [0.25, 0.3) is 0 Å². The van der Waals surface area contributed by atoms with Gasteiger partial charge < -0.3 is 0 Å². The molecule has 0 saturated carbocycles. The number of hydrogen-bond donors (Lipinski definition) is 0. The van der Waals surface area contributed by atoms with E-state index in [-0.39, 0.29) is 0 Å². The second-order valence-corrected chi connectivity index (χ2v) is 3.32. The maximum atomic E-state index is 3.92. The summed E-state index contributed by atoms with van der Waals surface area (Å²) in [5.41, 5.74) is 2.71. The average molecular weight is 169 g/mol. The fourth-order valence-electron chi connectivity index (χ4n) is 1.74. The van der Waals surface area contributed by atoms with Crippen molar-refractivity contribution in [1.29, 1.82) is 0 Å². The average Bonchev–Trinajstić information content (AvgIpc) is 2.19. The largest absolute Gasteiger partial charge is 0.0616 e. The molecule has 0 fully saturated rings. The number of hydrogen-bond acceptors (Lipinski definition) is 0. The van der Waals surface area contributed by atoms with Gasteiger partial charge in [-0.05, 0) is 42.2 Å². The highest BCUT2D eigenvalue weighted by Gasteiger charge is 1.99. The zero-order chi connectivity index (χ0) is 9.26. The van der Waals surface area contributed by atoms with E-state index in [1.54, 1.807) is 0 Å². The molecule has 65 valence electrons. The van der Waals surface area contributed by atoms with Crippen LogP contribution < -0.4 is 0 Å². The van der Waals surface area contributed by atoms with Crippen molar-refractivity contribution in [1.82, 2.24) is 0 Å². The van der Waals surface area contributed by atoms with E-state index in [2.05, 4.69) is 50.2 Å². The van der Waals surface area contributed by atoms with Crippen molar-refractivity contribution in [2.75, 3.05) is 0 Å². The first-order valence-electron chi connectivity index (χ1n) is 4.59. The number of fused-ring (bicyclic) bond motifs is 1. The summed E-state index contributed by atoms with van der Waals surface area (Å²) >= 11 is 0. The van der Waals surface area contributed by atoms with Crippen LogP contribution in [0.5, 0.6) is 0 Å². The summed E-state index contributed by atoms with van der Waals surface area (Å²) < 4.78 is 0. The third-order valence-corrected chi connectivity index (χ3v) is 2.58. The van der Waals surface area contributed by atoms with Crippen molar-refractivity contribution < 1.29 is 0 Å². The fraction of sp³-hybridized carbons (Fsp3) is 0.154. The van der Waals surface area contributed by atoms with E-state index in [0.717, 1.165) is 6.42 Å². The topological polar surface area (TPSA) is 0 Å². The Morgan fingerprint density at radius 3 is 2.62 bits per heavy atom. The molecule has 2 aromatic carbocycles. The molecule has 1 radical (unpaired) electrons. The van der Waals surface area contributed by atoms with Crippen LogP contribution in [0.3, 0.4) is 0 Å². The first-order valence-corrected chi connectivity index (χ1v) is 4.59. The summed E-state index contributed by atoms with van der Waals surface area (Å²) in [5.74, 6) is 0. The predicted octanol–water partition coefficient (Wildman–Crippen LogP) is 3.52. The summed E-state index contributed by atoms with van der Waals surface area (Å²) in [6, 6.07) is 12.8. The van der Waals surface area contributed by atoms with Crippen LogP contribution in [0.2, 0.25) is 0 Å². The van der Waals surface area contributed by atoms with E-state index in [1.807, 2.05) is 0 Å². The molecular weight excluding hydrogens is 156 g/mol. The maximum absolute atomic E-state index is 3.92. The van der Waals surface area contributed by atoms with Crippen LogP contribution in [0, 0.1) is 13.8 Å². The van der Waals surface area contributed by atoms with Gasteiger partial charge in [0.15, 0.2) is 0 Å². The van der Waals surface area contributed by atoms with Crippen LogP contribution in [0.25, 0.3) is 10.8 Å². The molecule has 0 nitrogen and oxygen atoms in total. The van der Waals surface area contributed by atoms with Crippen molar-refractivity contribution in [3.8, 4) is 0 Å². The minimum absolute atomic E-state index is 0.872. The van der Waals surface area contributed by atoms with Gasteiger partial charge in [0.2, 0.25) is 0 Å². The number of benzene rings is 2. The lowest BCUT2D eigenvalue weighted by molar-refractivity contribution is 1.23. The van der Waals surface area contributed by atoms with E-state index in [4.69, 9.17) is 0 Å². The van der Waals surface area contributed by atoms with E-state index in [9.17, 15) is 0 Å². The Labute approximate surface area is 79.2 Å². The highest BCUT2D eigenvalue weighted by Crippen LogP contribution is 2.21. The Bertz CT molecular complexity index is 427. The minimum Gasteiger partial charge on any atom is -0.0616 e. The Kier molecular flexibility index (Phi) is 2.05. The molecule has 0 bridgehead atoms. The van der Waals surface area contributed by atoms with Gasteiger partial charge in [0, 0.05) is 0 Å². The molecule has 2 rings (SSSR count). The molecule has 0 aliphatic heterocycles. The third-order valence-electron chi connectivity index (χ3n) is 2.58.